The van der Waals surface area contributed by atoms with E-state index in [1.54, 1.807) is 36.4 Å². The number of Topliss-reactive ketones (excluding diaryl/α,β-unsaturated/α-hetero) is 1. The van der Waals surface area contributed by atoms with E-state index < -0.39 is 0 Å². The number of nitrogens with one attached hydrogen (secondary N) is 2. The van der Waals surface area contributed by atoms with Crippen LogP contribution in [0.5, 0.6) is 5.75 Å². The topological polar surface area (TPSA) is 80.3 Å². The number of carbonyl (C=O) groups is 2. The zero-order chi connectivity index (χ0) is 19.9. The van der Waals surface area contributed by atoms with Crippen molar-refractivity contribution in [1.29, 1.82) is 0 Å². The fourth-order valence-corrected chi connectivity index (χ4v) is 2.61. The van der Waals surface area contributed by atoms with E-state index >= 15 is 0 Å². The van der Waals surface area contributed by atoms with Gasteiger partial charge in [-0.1, -0.05) is 24.3 Å². The van der Waals surface area contributed by atoms with Crippen LogP contribution in [0, 0.1) is 0 Å². The Balaban J connectivity index is 1.70. The molecule has 3 rings (SSSR count). The van der Waals surface area contributed by atoms with Gasteiger partial charge in [0.1, 0.15) is 11.6 Å². The molecule has 0 unspecified atom stereocenters. The standard InChI is InChI=1S/C22H21N3O3/c1-3-28-20-10-5-4-9-19(20)25-21-12-11-17(14-23-21)22(27)24-18-8-6-7-16(13-18)15(2)26/h4-14H,3H2,1-2H3,(H,23,25)(H,24,27). The molecule has 6 nitrogen and oxygen atoms in total. The molecule has 2 aromatic carbocycles. The Labute approximate surface area is 163 Å². The zero-order valence-electron chi connectivity index (χ0n) is 15.7. The molecule has 0 aliphatic carbocycles. The molecular weight excluding hydrogens is 354 g/mol. The van der Waals surface area contributed by atoms with Crippen LogP contribution in [0.2, 0.25) is 0 Å². The Hall–Kier alpha value is -3.67. The zero-order valence-corrected chi connectivity index (χ0v) is 15.7. The van der Waals surface area contributed by atoms with E-state index in [2.05, 4.69) is 15.6 Å². The Morgan fingerprint density at radius 2 is 1.82 bits per heavy atom. The first-order valence-corrected chi connectivity index (χ1v) is 8.94. The second-order valence-electron chi connectivity index (χ2n) is 6.08. The summed E-state index contributed by atoms with van der Waals surface area (Å²) in [5, 5.41) is 5.96. The van der Waals surface area contributed by atoms with E-state index in [0.717, 1.165) is 11.4 Å². The van der Waals surface area contributed by atoms with Crippen molar-refractivity contribution >= 4 is 28.9 Å². The molecule has 1 aromatic heterocycles. The minimum atomic E-state index is -0.297. The van der Waals surface area contributed by atoms with Gasteiger partial charge in [0.25, 0.3) is 5.91 Å². The van der Waals surface area contributed by atoms with Crippen LogP contribution >= 0.6 is 0 Å². The third-order valence-electron chi connectivity index (χ3n) is 4.00. The second-order valence-corrected chi connectivity index (χ2v) is 6.08. The summed E-state index contributed by atoms with van der Waals surface area (Å²) in [5.41, 5.74) is 2.32. The number of nitrogens with zero attached hydrogens (tertiary/aromatic N) is 1. The van der Waals surface area contributed by atoms with Gasteiger partial charge in [-0.05, 0) is 50.2 Å². The molecule has 1 amide bonds. The molecule has 2 N–H and O–H groups in total. The molecule has 0 aliphatic heterocycles. The van der Waals surface area contributed by atoms with Crippen molar-refractivity contribution in [2.75, 3.05) is 17.2 Å². The Morgan fingerprint density at radius 3 is 2.54 bits per heavy atom. The minimum absolute atomic E-state index is 0.0551. The average Bonchev–Trinajstić information content (AvgIpc) is 2.70. The van der Waals surface area contributed by atoms with Crippen molar-refractivity contribution in [2.45, 2.75) is 13.8 Å². The second kappa shape index (κ2) is 8.81. The van der Waals surface area contributed by atoms with E-state index in [0.29, 0.717) is 29.2 Å². The predicted molar refractivity (Wildman–Crippen MR) is 110 cm³/mol. The SMILES string of the molecule is CCOc1ccccc1Nc1ccc(C(=O)Nc2cccc(C(C)=O)c2)cn1. The molecule has 0 saturated carbocycles. The van der Waals surface area contributed by atoms with Crippen LogP contribution in [0.3, 0.4) is 0 Å². The molecule has 1 heterocycles. The van der Waals surface area contributed by atoms with Crippen LogP contribution in [0.25, 0.3) is 0 Å². The molecule has 0 aliphatic rings. The fourth-order valence-electron chi connectivity index (χ4n) is 2.61. The number of hydrogen-bond acceptors (Lipinski definition) is 5. The van der Waals surface area contributed by atoms with Crippen molar-refractivity contribution in [2.24, 2.45) is 0 Å². The van der Waals surface area contributed by atoms with E-state index in [-0.39, 0.29) is 11.7 Å². The smallest absolute Gasteiger partial charge is 0.257 e. The molecule has 3 aromatic rings. The van der Waals surface area contributed by atoms with Crippen molar-refractivity contribution in [3.05, 3.63) is 78.0 Å². The largest absolute Gasteiger partial charge is 0.492 e. The van der Waals surface area contributed by atoms with Crippen LogP contribution in [-0.2, 0) is 0 Å². The van der Waals surface area contributed by atoms with Gasteiger partial charge in [-0.15, -0.1) is 0 Å². The lowest BCUT2D eigenvalue weighted by Crippen LogP contribution is -2.12. The van der Waals surface area contributed by atoms with Crippen molar-refractivity contribution in [3.8, 4) is 5.75 Å². The minimum Gasteiger partial charge on any atom is -0.492 e. The molecular formula is C22H21N3O3. The maximum Gasteiger partial charge on any atom is 0.257 e. The van der Waals surface area contributed by atoms with Gasteiger partial charge in [0.15, 0.2) is 5.78 Å². The fraction of sp³-hybridized carbons (Fsp3) is 0.136. The van der Waals surface area contributed by atoms with Crippen LogP contribution in [0.4, 0.5) is 17.2 Å². The van der Waals surface area contributed by atoms with E-state index in [1.165, 1.54) is 13.1 Å². The molecule has 0 radical (unpaired) electrons. The van der Waals surface area contributed by atoms with Crippen molar-refractivity contribution < 1.29 is 14.3 Å². The number of amides is 1. The highest BCUT2D eigenvalue weighted by atomic mass is 16.5. The van der Waals surface area contributed by atoms with Gasteiger partial charge in [0.05, 0.1) is 17.9 Å². The lowest BCUT2D eigenvalue weighted by Gasteiger charge is -2.12. The molecule has 28 heavy (non-hydrogen) atoms. The van der Waals surface area contributed by atoms with E-state index in [4.69, 9.17) is 4.74 Å². The Morgan fingerprint density at radius 1 is 1.00 bits per heavy atom. The Kier molecular flexibility index (Phi) is 6.01. The number of benzene rings is 2. The molecule has 0 atom stereocenters. The number of hydrogen-bond donors (Lipinski definition) is 2. The average molecular weight is 375 g/mol. The summed E-state index contributed by atoms with van der Waals surface area (Å²) >= 11 is 0. The monoisotopic (exact) mass is 375 g/mol. The first kappa shape index (κ1) is 19.1. The number of ketones is 1. The lowest BCUT2D eigenvalue weighted by atomic mass is 10.1. The molecule has 0 saturated heterocycles. The molecule has 6 heteroatoms. The van der Waals surface area contributed by atoms with Gasteiger partial charge in [-0.3, -0.25) is 9.59 Å². The number of pyridine rings is 1. The summed E-state index contributed by atoms with van der Waals surface area (Å²) in [6, 6.07) is 17.8. The number of para-hydroxylation sites is 2. The number of anilines is 3. The van der Waals surface area contributed by atoms with Crippen LogP contribution < -0.4 is 15.4 Å². The normalized spacial score (nSPS) is 10.2. The summed E-state index contributed by atoms with van der Waals surface area (Å²) < 4.78 is 5.59. The van der Waals surface area contributed by atoms with Gasteiger partial charge in [0.2, 0.25) is 0 Å². The summed E-state index contributed by atoms with van der Waals surface area (Å²) in [5.74, 6) is 0.983. The molecule has 142 valence electrons. The highest BCUT2D eigenvalue weighted by Crippen LogP contribution is 2.26. The van der Waals surface area contributed by atoms with Gasteiger partial charge in [-0.2, -0.15) is 0 Å². The van der Waals surface area contributed by atoms with Crippen LogP contribution in [-0.4, -0.2) is 23.3 Å². The molecule has 0 fully saturated rings. The third-order valence-corrected chi connectivity index (χ3v) is 4.00. The number of ether oxygens (including phenoxy) is 1. The van der Waals surface area contributed by atoms with Crippen molar-refractivity contribution in [3.63, 3.8) is 0 Å². The highest BCUT2D eigenvalue weighted by molar-refractivity contribution is 6.05. The third kappa shape index (κ3) is 4.73. The number of rotatable bonds is 7. The highest BCUT2D eigenvalue weighted by Gasteiger charge is 2.09. The van der Waals surface area contributed by atoms with Gasteiger partial charge < -0.3 is 15.4 Å². The van der Waals surface area contributed by atoms with Gasteiger partial charge in [0, 0.05) is 17.4 Å². The quantitative estimate of drug-likeness (QED) is 0.586. The first-order valence-electron chi connectivity index (χ1n) is 8.94. The van der Waals surface area contributed by atoms with Gasteiger partial charge in [-0.25, -0.2) is 4.98 Å². The van der Waals surface area contributed by atoms with E-state index in [9.17, 15) is 9.59 Å². The number of aromatic nitrogens is 1. The Bertz CT molecular complexity index is 984. The molecule has 0 bridgehead atoms. The van der Waals surface area contributed by atoms with Gasteiger partial charge >= 0.3 is 0 Å². The predicted octanol–water partition coefficient (Wildman–Crippen LogP) is 4.68. The summed E-state index contributed by atoms with van der Waals surface area (Å²) in [7, 11) is 0. The summed E-state index contributed by atoms with van der Waals surface area (Å²) in [6.07, 6.45) is 1.50. The maximum absolute atomic E-state index is 12.4. The van der Waals surface area contributed by atoms with Crippen LogP contribution in [0.15, 0.2) is 66.9 Å². The van der Waals surface area contributed by atoms with Crippen LogP contribution in [0.1, 0.15) is 34.6 Å². The number of carbonyl (C=O) groups excluding carboxylic acids is 2. The summed E-state index contributed by atoms with van der Waals surface area (Å²) in [4.78, 5) is 28.2. The first-order chi connectivity index (χ1) is 13.6. The van der Waals surface area contributed by atoms with E-state index in [1.807, 2.05) is 31.2 Å². The summed E-state index contributed by atoms with van der Waals surface area (Å²) in [6.45, 7) is 3.98. The lowest BCUT2D eigenvalue weighted by molar-refractivity contribution is 0.101. The molecule has 0 spiro atoms. The van der Waals surface area contributed by atoms with Crippen molar-refractivity contribution in [1.82, 2.24) is 4.98 Å². The maximum atomic E-state index is 12.4.